The lowest BCUT2D eigenvalue weighted by Crippen LogP contribution is -2.40. The van der Waals surface area contributed by atoms with Gasteiger partial charge in [-0.3, -0.25) is 0 Å². The topological polar surface area (TPSA) is 81.4 Å². The van der Waals surface area contributed by atoms with Crippen molar-refractivity contribution in [1.29, 1.82) is 5.26 Å². The lowest BCUT2D eigenvalue weighted by Gasteiger charge is -2.31. The van der Waals surface area contributed by atoms with Gasteiger partial charge < -0.3 is 5.11 Å². The summed E-state index contributed by atoms with van der Waals surface area (Å²) in [4.78, 5) is 0.272. The van der Waals surface area contributed by atoms with Gasteiger partial charge >= 0.3 is 0 Å². The second-order valence-electron chi connectivity index (χ2n) is 5.36. The Morgan fingerprint density at radius 1 is 1.33 bits per heavy atom. The highest BCUT2D eigenvalue weighted by atomic mass is 32.2. The van der Waals surface area contributed by atoms with Crippen LogP contribution >= 0.6 is 0 Å². The predicted molar refractivity (Wildman–Crippen MR) is 78.9 cm³/mol. The molecular formula is C15H20N2O3S. The SMILES string of the molecule is N#CCc1ccc(S(=O)(=O)N2CCCC(CCO)C2)cc1. The minimum atomic E-state index is -3.48. The summed E-state index contributed by atoms with van der Waals surface area (Å²) in [6.07, 6.45) is 2.72. The Balaban J connectivity index is 2.15. The van der Waals surface area contributed by atoms with Crippen LogP contribution in [0.2, 0.25) is 0 Å². The third kappa shape index (κ3) is 3.82. The van der Waals surface area contributed by atoms with Crippen LogP contribution < -0.4 is 0 Å². The van der Waals surface area contributed by atoms with Gasteiger partial charge in [-0.25, -0.2) is 8.42 Å². The number of benzene rings is 1. The molecule has 1 saturated heterocycles. The number of nitriles is 1. The van der Waals surface area contributed by atoms with Crippen molar-refractivity contribution in [3.63, 3.8) is 0 Å². The number of aliphatic hydroxyl groups excluding tert-OH is 1. The molecule has 114 valence electrons. The number of aliphatic hydroxyl groups is 1. The number of sulfonamides is 1. The Morgan fingerprint density at radius 2 is 2.05 bits per heavy atom. The second-order valence-corrected chi connectivity index (χ2v) is 7.30. The standard InChI is InChI=1S/C15H20N2O3S/c16-9-7-13-3-5-15(6-4-13)21(19,20)17-10-1-2-14(12-17)8-11-18/h3-6,14,18H,1-2,7-8,10-12H2. The largest absolute Gasteiger partial charge is 0.396 e. The lowest BCUT2D eigenvalue weighted by molar-refractivity contribution is 0.203. The first kappa shape index (κ1) is 16.0. The summed E-state index contributed by atoms with van der Waals surface area (Å²) in [6.45, 7) is 1.11. The molecule has 21 heavy (non-hydrogen) atoms. The molecular weight excluding hydrogens is 288 g/mol. The number of hydrogen-bond acceptors (Lipinski definition) is 4. The van der Waals surface area contributed by atoms with Crippen LogP contribution in [0.3, 0.4) is 0 Å². The fourth-order valence-corrected chi connectivity index (χ4v) is 4.24. The van der Waals surface area contributed by atoms with Crippen LogP contribution in [0.1, 0.15) is 24.8 Å². The predicted octanol–water partition coefficient (Wildman–Crippen LogP) is 1.54. The van der Waals surface area contributed by atoms with Crippen molar-refractivity contribution in [2.75, 3.05) is 19.7 Å². The van der Waals surface area contributed by atoms with E-state index in [2.05, 4.69) is 0 Å². The van der Waals surface area contributed by atoms with Crippen LogP contribution in [0, 0.1) is 17.2 Å². The molecule has 1 aliphatic heterocycles. The molecule has 1 aromatic carbocycles. The van der Waals surface area contributed by atoms with E-state index in [-0.39, 0.29) is 23.8 Å². The lowest BCUT2D eigenvalue weighted by atomic mass is 9.97. The average Bonchev–Trinajstić information content (AvgIpc) is 2.49. The van der Waals surface area contributed by atoms with Gasteiger partial charge in [-0.1, -0.05) is 12.1 Å². The molecule has 1 fully saturated rings. The van der Waals surface area contributed by atoms with Gasteiger partial charge in [-0.05, 0) is 42.9 Å². The van der Waals surface area contributed by atoms with Crippen LogP contribution in [-0.2, 0) is 16.4 Å². The molecule has 1 aliphatic rings. The summed E-state index contributed by atoms with van der Waals surface area (Å²) in [5, 5.41) is 17.6. The summed E-state index contributed by atoms with van der Waals surface area (Å²) >= 11 is 0. The van der Waals surface area contributed by atoms with Gasteiger partial charge in [0.2, 0.25) is 10.0 Å². The highest BCUT2D eigenvalue weighted by Gasteiger charge is 2.29. The number of hydrogen-bond donors (Lipinski definition) is 1. The molecule has 1 atom stereocenters. The van der Waals surface area contributed by atoms with Gasteiger partial charge in [0.1, 0.15) is 0 Å². The van der Waals surface area contributed by atoms with Crippen LogP contribution in [0.15, 0.2) is 29.2 Å². The zero-order valence-electron chi connectivity index (χ0n) is 11.9. The molecule has 1 N–H and O–H groups in total. The fraction of sp³-hybridized carbons (Fsp3) is 0.533. The summed E-state index contributed by atoms with van der Waals surface area (Å²) < 4.78 is 26.7. The molecule has 0 aromatic heterocycles. The minimum absolute atomic E-state index is 0.0986. The van der Waals surface area contributed by atoms with Gasteiger partial charge in [-0.2, -0.15) is 9.57 Å². The van der Waals surface area contributed by atoms with E-state index in [1.54, 1.807) is 24.3 Å². The van der Waals surface area contributed by atoms with Crippen LogP contribution in [0.4, 0.5) is 0 Å². The van der Waals surface area contributed by atoms with Crippen molar-refractivity contribution in [2.24, 2.45) is 5.92 Å². The monoisotopic (exact) mass is 308 g/mol. The molecule has 1 heterocycles. The van der Waals surface area contributed by atoms with Crippen molar-refractivity contribution in [2.45, 2.75) is 30.6 Å². The molecule has 0 spiro atoms. The maximum atomic E-state index is 12.6. The van der Waals surface area contributed by atoms with E-state index in [0.29, 0.717) is 19.5 Å². The summed E-state index contributed by atoms with van der Waals surface area (Å²) in [5.74, 6) is 0.233. The second kappa shape index (κ2) is 7.03. The Bertz CT molecular complexity index is 603. The Labute approximate surface area is 125 Å². The molecule has 1 unspecified atom stereocenters. The van der Waals surface area contributed by atoms with E-state index in [4.69, 9.17) is 10.4 Å². The van der Waals surface area contributed by atoms with Gasteiger partial charge in [0.25, 0.3) is 0 Å². The quantitative estimate of drug-likeness (QED) is 0.894. The zero-order chi connectivity index (χ0) is 15.3. The fourth-order valence-electron chi connectivity index (χ4n) is 2.68. The van der Waals surface area contributed by atoms with E-state index < -0.39 is 10.0 Å². The van der Waals surface area contributed by atoms with Crippen molar-refractivity contribution >= 4 is 10.0 Å². The van der Waals surface area contributed by atoms with E-state index >= 15 is 0 Å². The number of nitrogens with zero attached hydrogens (tertiary/aromatic N) is 2. The van der Waals surface area contributed by atoms with Crippen molar-refractivity contribution < 1.29 is 13.5 Å². The van der Waals surface area contributed by atoms with E-state index in [1.807, 2.05) is 6.07 Å². The van der Waals surface area contributed by atoms with Gasteiger partial charge in [0.05, 0.1) is 17.4 Å². The van der Waals surface area contributed by atoms with Crippen LogP contribution in [0.25, 0.3) is 0 Å². The summed E-state index contributed by atoms with van der Waals surface area (Å²) in [7, 11) is -3.48. The Hall–Kier alpha value is -1.42. The zero-order valence-corrected chi connectivity index (χ0v) is 12.7. The molecule has 0 saturated carbocycles. The highest BCUT2D eigenvalue weighted by molar-refractivity contribution is 7.89. The molecule has 2 rings (SSSR count). The molecule has 0 amide bonds. The molecule has 0 bridgehead atoms. The molecule has 1 aromatic rings. The van der Waals surface area contributed by atoms with Gasteiger partial charge in [0, 0.05) is 19.7 Å². The smallest absolute Gasteiger partial charge is 0.243 e. The van der Waals surface area contributed by atoms with Crippen LogP contribution in [0.5, 0.6) is 0 Å². The van der Waals surface area contributed by atoms with E-state index in [1.165, 1.54) is 4.31 Å². The van der Waals surface area contributed by atoms with E-state index in [0.717, 1.165) is 18.4 Å². The third-order valence-electron chi connectivity index (χ3n) is 3.86. The number of piperidine rings is 1. The van der Waals surface area contributed by atoms with Crippen molar-refractivity contribution in [3.8, 4) is 6.07 Å². The molecule has 0 radical (unpaired) electrons. The first-order valence-electron chi connectivity index (χ1n) is 7.15. The summed E-state index contributed by atoms with van der Waals surface area (Å²) in [6, 6.07) is 8.55. The van der Waals surface area contributed by atoms with Crippen molar-refractivity contribution in [1.82, 2.24) is 4.31 Å². The normalized spacial score (nSPS) is 20.1. The van der Waals surface area contributed by atoms with Gasteiger partial charge in [-0.15, -0.1) is 0 Å². The molecule has 6 heteroatoms. The maximum Gasteiger partial charge on any atom is 0.243 e. The number of rotatable bonds is 5. The molecule has 0 aliphatic carbocycles. The third-order valence-corrected chi connectivity index (χ3v) is 5.74. The highest BCUT2D eigenvalue weighted by Crippen LogP contribution is 2.25. The Kier molecular flexibility index (Phi) is 5.34. The first-order chi connectivity index (χ1) is 10.1. The minimum Gasteiger partial charge on any atom is -0.396 e. The Morgan fingerprint density at radius 3 is 2.67 bits per heavy atom. The first-order valence-corrected chi connectivity index (χ1v) is 8.59. The van der Waals surface area contributed by atoms with Crippen molar-refractivity contribution in [3.05, 3.63) is 29.8 Å². The average molecular weight is 308 g/mol. The maximum absolute atomic E-state index is 12.6. The molecule has 5 nitrogen and oxygen atoms in total. The summed E-state index contributed by atoms with van der Waals surface area (Å²) in [5.41, 5.74) is 0.813. The van der Waals surface area contributed by atoms with E-state index in [9.17, 15) is 8.42 Å². The van der Waals surface area contributed by atoms with Gasteiger partial charge in [0.15, 0.2) is 0 Å². The van der Waals surface area contributed by atoms with Crippen LogP contribution in [-0.4, -0.2) is 37.5 Å².